The molecule has 3 heteroatoms. The molecule has 1 aliphatic heterocycles. The number of aromatic nitrogens is 2. The van der Waals surface area contributed by atoms with Crippen molar-refractivity contribution < 1.29 is 0 Å². The zero-order chi connectivity index (χ0) is 12.5. The van der Waals surface area contributed by atoms with Crippen LogP contribution in [0, 0.1) is 11.8 Å². The van der Waals surface area contributed by atoms with E-state index in [1.807, 2.05) is 30.5 Å². The molecular formula is C15H19N3. The van der Waals surface area contributed by atoms with Crippen molar-refractivity contribution in [3.05, 3.63) is 30.5 Å². The largest absolute Gasteiger partial charge is 0.355 e. The number of fused-ring (bicyclic) bond motifs is 1. The molecule has 2 atom stereocenters. The van der Waals surface area contributed by atoms with Crippen LogP contribution in [0.25, 0.3) is 11.0 Å². The van der Waals surface area contributed by atoms with Gasteiger partial charge in [0.2, 0.25) is 0 Å². The summed E-state index contributed by atoms with van der Waals surface area (Å²) < 4.78 is 0. The highest BCUT2D eigenvalue weighted by Gasteiger charge is 2.22. The van der Waals surface area contributed by atoms with Crippen molar-refractivity contribution in [1.82, 2.24) is 9.97 Å². The van der Waals surface area contributed by atoms with E-state index >= 15 is 0 Å². The summed E-state index contributed by atoms with van der Waals surface area (Å²) in [4.78, 5) is 11.6. The molecule has 0 amide bonds. The Morgan fingerprint density at radius 1 is 1.06 bits per heavy atom. The molecule has 0 N–H and O–H groups in total. The fraction of sp³-hybridized carbons (Fsp3) is 0.467. The second-order valence-corrected chi connectivity index (χ2v) is 5.57. The Balaban J connectivity index is 1.93. The Morgan fingerprint density at radius 3 is 2.44 bits per heavy atom. The molecule has 0 aliphatic carbocycles. The van der Waals surface area contributed by atoms with Gasteiger partial charge >= 0.3 is 0 Å². The number of benzene rings is 1. The first-order valence-electron chi connectivity index (χ1n) is 6.69. The Hall–Kier alpha value is -1.64. The molecule has 0 radical (unpaired) electrons. The SMILES string of the molecule is C[C@@H]1C[C@@H](C)CN(c2cnc3ccccc3n2)C1. The lowest BCUT2D eigenvalue weighted by Crippen LogP contribution is -2.39. The molecule has 1 aliphatic rings. The first-order valence-corrected chi connectivity index (χ1v) is 6.69. The highest BCUT2D eigenvalue weighted by atomic mass is 15.2. The van der Waals surface area contributed by atoms with E-state index < -0.39 is 0 Å². The van der Waals surface area contributed by atoms with Crippen molar-refractivity contribution >= 4 is 16.9 Å². The third kappa shape index (κ3) is 2.17. The molecule has 0 spiro atoms. The van der Waals surface area contributed by atoms with Crippen LogP contribution >= 0.6 is 0 Å². The van der Waals surface area contributed by atoms with Gasteiger partial charge in [-0.15, -0.1) is 0 Å². The van der Waals surface area contributed by atoms with E-state index in [1.165, 1.54) is 6.42 Å². The van der Waals surface area contributed by atoms with E-state index in [0.29, 0.717) is 0 Å². The van der Waals surface area contributed by atoms with Crippen LogP contribution in [0.4, 0.5) is 5.82 Å². The molecule has 2 aromatic rings. The predicted molar refractivity (Wildman–Crippen MR) is 74.7 cm³/mol. The number of hydrogen-bond acceptors (Lipinski definition) is 3. The Labute approximate surface area is 108 Å². The predicted octanol–water partition coefficient (Wildman–Crippen LogP) is 3.11. The molecule has 18 heavy (non-hydrogen) atoms. The topological polar surface area (TPSA) is 29.0 Å². The van der Waals surface area contributed by atoms with Crippen LogP contribution in [-0.2, 0) is 0 Å². The molecule has 1 fully saturated rings. The Bertz CT molecular complexity index is 542. The van der Waals surface area contributed by atoms with Crippen molar-refractivity contribution in [2.75, 3.05) is 18.0 Å². The maximum absolute atomic E-state index is 4.73. The minimum Gasteiger partial charge on any atom is -0.355 e. The third-order valence-electron chi connectivity index (χ3n) is 3.63. The zero-order valence-electron chi connectivity index (χ0n) is 11.0. The number of hydrogen-bond donors (Lipinski definition) is 0. The number of anilines is 1. The van der Waals surface area contributed by atoms with Gasteiger partial charge in [-0.25, -0.2) is 4.98 Å². The van der Waals surface area contributed by atoms with Crippen LogP contribution in [0.15, 0.2) is 30.5 Å². The minimum absolute atomic E-state index is 0.738. The lowest BCUT2D eigenvalue weighted by atomic mass is 9.92. The fourth-order valence-electron chi connectivity index (χ4n) is 2.95. The fourth-order valence-corrected chi connectivity index (χ4v) is 2.95. The molecular weight excluding hydrogens is 222 g/mol. The molecule has 1 aromatic carbocycles. The van der Waals surface area contributed by atoms with Crippen molar-refractivity contribution in [3.63, 3.8) is 0 Å². The van der Waals surface area contributed by atoms with Crippen LogP contribution in [0.1, 0.15) is 20.3 Å². The average Bonchev–Trinajstić information content (AvgIpc) is 2.37. The number of piperidine rings is 1. The molecule has 0 saturated carbocycles. The second kappa shape index (κ2) is 4.56. The molecule has 1 saturated heterocycles. The van der Waals surface area contributed by atoms with Crippen molar-refractivity contribution in [2.45, 2.75) is 20.3 Å². The van der Waals surface area contributed by atoms with Crippen molar-refractivity contribution in [1.29, 1.82) is 0 Å². The van der Waals surface area contributed by atoms with Crippen LogP contribution in [0.5, 0.6) is 0 Å². The first kappa shape index (κ1) is 11.5. The van der Waals surface area contributed by atoms with Crippen molar-refractivity contribution in [2.24, 2.45) is 11.8 Å². The zero-order valence-corrected chi connectivity index (χ0v) is 11.0. The van der Waals surface area contributed by atoms with Gasteiger partial charge in [0.05, 0.1) is 17.2 Å². The standard InChI is InChI=1S/C15H19N3/c1-11-7-12(2)10-18(9-11)15-8-16-13-5-3-4-6-14(13)17-15/h3-6,8,11-12H,7,9-10H2,1-2H3/t11-,12-/m1/s1. The summed E-state index contributed by atoms with van der Waals surface area (Å²) >= 11 is 0. The first-order chi connectivity index (χ1) is 8.72. The lowest BCUT2D eigenvalue weighted by Gasteiger charge is -2.35. The third-order valence-corrected chi connectivity index (χ3v) is 3.63. The van der Waals surface area contributed by atoms with E-state index in [9.17, 15) is 0 Å². The molecule has 94 valence electrons. The molecule has 3 nitrogen and oxygen atoms in total. The summed E-state index contributed by atoms with van der Waals surface area (Å²) in [5.74, 6) is 2.50. The minimum atomic E-state index is 0.738. The van der Waals surface area contributed by atoms with E-state index in [4.69, 9.17) is 4.98 Å². The molecule has 2 heterocycles. The van der Waals surface area contributed by atoms with Gasteiger partial charge in [0, 0.05) is 13.1 Å². The van der Waals surface area contributed by atoms with E-state index in [2.05, 4.69) is 23.7 Å². The van der Waals surface area contributed by atoms with Gasteiger partial charge in [-0.3, -0.25) is 4.98 Å². The van der Waals surface area contributed by atoms with Gasteiger partial charge in [-0.05, 0) is 30.4 Å². The van der Waals surface area contributed by atoms with Gasteiger partial charge < -0.3 is 4.90 Å². The van der Waals surface area contributed by atoms with Crippen LogP contribution < -0.4 is 4.90 Å². The Morgan fingerprint density at radius 2 is 1.72 bits per heavy atom. The van der Waals surface area contributed by atoms with Crippen molar-refractivity contribution in [3.8, 4) is 0 Å². The van der Waals surface area contributed by atoms with Gasteiger partial charge in [-0.2, -0.15) is 0 Å². The van der Waals surface area contributed by atoms with Crippen LogP contribution in [0.3, 0.4) is 0 Å². The summed E-state index contributed by atoms with van der Waals surface area (Å²) in [6.45, 7) is 6.82. The number of nitrogens with zero attached hydrogens (tertiary/aromatic N) is 3. The average molecular weight is 241 g/mol. The summed E-state index contributed by atoms with van der Waals surface area (Å²) in [5.41, 5.74) is 1.96. The number of rotatable bonds is 1. The molecule has 0 unspecified atom stereocenters. The van der Waals surface area contributed by atoms with Crippen LogP contribution in [-0.4, -0.2) is 23.1 Å². The quantitative estimate of drug-likeness (QED) is 0.768. The monoisotopic (exact) mass is 241 g/mol. The van der Waals surface area contributed by atoms with E-state index in [-0.39, 0.29) is 0 Å². The summed E-state index contributed by atoms with van der Waals surface area (Å²) in [5, 5.41) is 0. The normalized spacial score (nSPS) is 24.4. The highest BCUT2D eigenvalue weighted by Crippen LogP contribution is 2.25. The molecule has 1 aromatic heterocycles. The van der Waals surface area contributed by atoms with Crippen LogP contribution in [0.2, 0.25) is 0 Å². The van der Waals surface area contributed by atoms with Gasteiger partial charge in [0.1, 0.15) is 5.82 Å². The summed E-state index contributed by atoms with van der Waals surface area (Å²) in [7, 11) is 0. The number of para-hydroxylation sites is 2. The molecule has 0 bridgehead atoms. The lowest BCUT2D eigenvalue weighted by molar-refractivity contribution is 0.355. The Kier molecular flexibility index (Phi) is 2.90. The molecule has 3 rings (SSSR count). The highest BCUT2D eigenvalue weighted by molar-refractivity contribution is 5.75. The van der Waals surface area contributed by atoms with Gasteiger partial charge in [0.25, 0.3) is 0 Å². The van der Waals surface area contributed by atoms with Gasteiger partial charge in [0.15, 0.2) is 0 Å². The summed E-state index contributed by atoms with van der Waals surface area (Å²) in [6.07, 6.45) is 3.23. The van der Waals surface area contributed by atoms with E-state index in [0.717, 1.165) is 41.8 Å². The van der Waals surface area contributed by atoms with Gasteiger partial charge in [-0.1, -0.05) is 26.0 Å². The maximum atomic E-state index is 4.73. The smallest absolute Gasteiger partial charge is 0.147 e. The maximum Gasteiger partial charge on any atom is 0.147 e. The summed E-state index contributed by atoms with van der Waals surface area (Å²) in [6, 6.07) is 8.06. The van der Waals surface area contributed by atoms with E-state index in [1.54, 1.807) is 0 Å². The second-order valence-electron chi connectivity index (χ2n) is 5.57.